The van der Waals surface area contributed by atoms with Crippen molar-refractivity contribution in [2.45, 2.75) is 25.9 Å². The van der Waals surface area contributed by atoms with Crippen molar-refractivity contribution in [1.82, 2.24) is 14.9 Å². The summed E-state index contributed by atoms with van der Waals surface area (Å²) in [4.78, 5) is 29.6. The van der Waals surface area contributed by atoms with Gasteiger partial charge in [-0.3, -0.25) is 0 Å². The molecule has 0 aliphatic carbocycles. The van der Waals surface area contributed by atoms with Gasteiger partial charge in [-0.05, 0) is 35.7 Å². The quantitative estimate of drug-likeness (QED) is 0.578. The molecule has 3 aliphatic heterocycles. The van der Waals surface area contributed by atoms with Crippen LogP contribution in [0.25, 0.3) is 0 Å². The molecule has 0 saturated carbocycles. The largest absolute Gasteiger partial charge is 0.378 e. The zero-order chi connectivity index (χ0) is 24.5. The number of urea groups is 1. The lowest BCUT2D eigenvalue weighted by Gasteiger charge is -2.36. The molecule has 1 aromatic heterocycles. The number of aromatic nitrogens is 2. The second-order valence-corrected chi connectivity index (χ2v) is 9.86. The summed E-state index contributed by atoms with van der Waals surface area (Å²) in [5.74, 6) is 1.71. The topological polar surface area (TPSA) is 73.8 Å². The molecule has 36 heavy (non-hydrogen) atoms. The third-order valence-corrected chi connectivity index (χ3v) is 7.35. The molecule has 2 aromatic carbocycles. The van der Waals surface area contributed by atoms with Crippen LogP contribution in [-0.4, -0.2) is 60.3 Å². The van der Waals surface area contributed by atoms with Gasteiger partial charge in [0, 0.05) is 55.4 Å². The van der Waals surface area contributed by atoms with Gasteiger partial charge in [-0.25, -0.2) is 9.78 Å². The van der Waals surface area contributed by atoms with E-state index in [4.69, 9.17) is 26.3 Å². The first-order valence-corrected chi connectivity index (χ1v) is 12.9. The molecule has 0 atom stereocenters. The molecule has 3 aromatic rings. The molecule has 0 spiro atoms. The van der Waals surface area contributed by atoms with E-state index in [0.29, 0.717) is 43.4 Å². The number of nitrogens with zero attached hydrogens (tertiary/aromatic N) is 5. The van der Waals surface area contributed by atoms with Crippen LogP contribution < -0.4 is 15.1 Å². The van der Waals surface area contributed by atoms with Crippen LogP contribution in [0, 0.1) is 0 Å². The maximum atomic E-state index is 13.1. The Labute approximate surface area is 215 Å². The van der Waals surface area contributed by atoms with Crippen molar-refractivity contribution in [2.75, 3.05) is 54.5 Å². The number of fused-ring (bicyclic) bond motifs is 2. The Morgan fingerprint density at radius 2 is 1.72 bits per heavy atom. The van der Waals surface area contributed by atoms with E-state index in [0.717, 1.165) is 55.6 Å². The lowest BCUT2D eigenvalue weighted by molar-refractivity contribution is 0.122. The first kappa shape index (κ1) is 23.1. The van der Waals surface area contributed by atoms with E-state index < -0.39 is 0 Å². The molecule has 1 N–H and O–H groups in total. The second kappa shape index (κ2) is 9.95. The molecule has 8 nitrogen and oxygen atoms in total. The van der Waals surface area contributed by atoms with E-state index >= 15 is 0 Å². The van der Waals surface area contributed by atoms with Gasteiger partial charge in [0.25, 0.3) is 0 Å². The number of carbonyl (C=O) groups excluding carboxylic acids is 1. The minimum atomic E-state index is -0.146. The van der Waals surface area contributed by atoms with Crippen molar-refractivity contribution in [3.63, 3.8) is 0 Å². The second-order valence-electron chi connectivity index (χ2n) is 9.42. The average Bonchev–Trinajstić information content (AvgIpc) is 2.92. The summed E-state index contributed by atoms with van der Waals surface area (Å²) < 4.78 is 5.61. The van der Waals surface area contributed by atoms with Crippen molar-refractivity contribution in [2.24, 2.45) is 0 Å². The summed E-state index contributed by atoms with van der Waals surface area (Å²) in [7, 11) is 0. The molecular formula is C27H29ClN6O2. The first-order chi connectivity index (χ1) is 17.6. The van der Waals surface area contributed by atoms with Gasteiger partial charge >= 0.3 is 6.03 Å². The fourth-order valence-electron chi connectivity index (χ4n) is 5.17. The molecule has 0 unspecified atom stereocenters. The molecule has 9 heteroatoms. The number of nitrogens with one attached hydrogen (secondary N) is 1. The van der Waals surface area contributed by atoms with Crippen molar-refractivity contribution in [1.29, 1.82) is 0 Å². The SMILES string of the molecule is O=C(Nc1cccc(Cl)c1)N1CCc2nc(N3CCc4ccccc4C3)nc(N3CCOCC3)c2C1. The van der Waals surface area contributed by atoms with Crippen LogP contribution >= 0.6 is 11.6 Å². The molecule has 3 aliphatic rings. The Balaban J connectivity index is 1.28. The fourth-order valence-corrected chi connectivity index (χ4v) is 5.36. The molecule has 1 saturated heterocycles. The van der Waals surface area contributed by atoms with Crippen molar-refractivity contribution in [3.8, 4) is 0 Å². The number of hydrogen-bond acceptors (Lipinski definition) is 6. The zero-order valence-electron chi connectivity index (χ0n) is 20.1. The van der Waals surface area contributed by atoms with Gasteiger partial charge in [0.1, 0.15) is 5.82 Å². The van der Waals surface area contributed by atoms with E-state index in [9.17, 15) is 4.79 Å². The smallest absolute Gasteiger partial charge is 0.322 e. The number of ether oxygens (including phenoxy) is 1. The van der Waals surface area contributed by atoms with Crippen LogP contribution in [0.2, 0.25) is 5.02 Å². The normalized spacial score (nSPS) is 17.4. The van der Waals surface area contributed by atoms with Crippen LogP contribution in [0.15, 0.2) is 48.5 Å². The highest BCUT2D eigenvalue weighted by atomic mass is 35.5. The van der Waals surface area contributed by atoms with E-state index in [-0.39, 0.29) is 6.03 Å². The molecular weight excluding hydrogens is 476 g/mol. The van der Waals surface area contributed by atoms with E-state index in [1.807, 2.05) is 17.0 Å². The zero-order valence-corrected chi connectivity index (χ0v) is 20.9. The Bertz CT molecular complexity index is 1280. The van der Waals surface area contributed by atoms with Crippen LogP contribution in [0.4, 0.5) is 22.2 Å². The number of halogens is 1. The molecule has 6 rings (SSSR count). The number of carbonyl (C=O) groups is 1. The third-order valence-electron chi connectivity index (χ3n) is 7.11. The van der Waals surface area contributed by atoms with Crippen molar-refractivity contribution in [3.05, 3.63) is 75.9 Å². The Morgan fingerprint density at radius 1 is 0.889 bits per heavy atom. The fraction of sp³-hybridized carbons (Fsp3) is 0.370. The van der Waals surface area contributed by atoms with Gasteiger partial charge in [0.15, 0.2) is 0 Å². The van der Waals surface area contributed by atoms with Crippen LogP contribution in [0.5, 0.6) is 0 Å². The van der Waals surface area contributed by atoms with Gasteiger partial charge in [-0.1, -0.05) is 41.9 Å². The highest BCUT2D eigenvalue weighted by molar-refractivity contribution is 6.30. The van der Waals surface area contributed by atoms with Gasteiger partial charge < -0.3 is 24.8 Å². The monoisotopic (exact) mass is 504 g/mol. The van der Waals surface area contributed by atoms with E-state index in [2.05, 4.69) is 39.4 Å². The number of benzene rings is 2. The van der Waals surface area contributed by atoms with E-state index in [1.165, 1.54) is 11.1 Å². The molecule has 1 fully saturated rings. The van der Waals surface area contributed by atoms with Crippen molar-refractivity contribution >= 4 is 35.1 Å². The van der Waals surface area contributed by atoms with Gasteiger partial charge in [0.2, 0.25) is 5.95 Å². The summed E-state index contributed by atoms with van der Waals surface area (Å²) in [6.45, 7) is 5.67. The van der Waals surface area contributed by atoms with Crippen molar-refractivity contribution < 1.29 is 9.53 Å². The standard InChI is InChI=1S/C27H29ClN6O2/c28-21-6-3-7-22(16-21)29-27(35)34-11-9-24-23(18-34)25(32-12-14-36-15-13-32)31-26(30-24)33-10-8-19-4-1-2-5-20(19)17-33/h1-7,16H,8-15,17-18H2,(H,29,35). The predicted molar refractivity (Wildman–Crippen MR) is 141 cm³/mol. The Hall–Kier alpha value is -3.36. The number of amides is 2. The number of rotatable bonds is 3. The molecule has 0 bridgehead atoms. The maximum Gasteiger partial charge on any atom is 0.322 e. The summed E-state index contributed by atoms with van der Waals surface area (Å²) >= 11 is 6.09. The third kappa shape index (κ3) is 4.70. The predicted octanol–water partition coefficient (Wildman–Crippen LogP) is 4.12. The summed E-state index contributed by atoms with van der Waals surface area (Å²) in [6.07, 6.45) is 1.68. The van der Waals surface area contributed by atoms with Crippen LogP contribution in [0.3, 0.4) is 0 Å². The summed E-state index contributed by atoms with van der Waals surface area (Å²) in [5, 5.41) is 3.57. The number of hydrogen-bond donors (Lipinski definition) is 1. The number of anilines is 3. The van der Waals surface area contributed by atoms with Gasteiger partial charge in [-0.2, -0.15) is 4.98 Å². The highest BCUT2D eigenvalue weighted by Crippen LogP contribution is 2.31. The molecule has 186 valence electrons. The average molecular weight is 505 g/mol. The Kier molecular flexibility index (Phi) is 6.37. The lowest BCUT2D eigenvalue weighted by Crippen LogP contribution is -2.43. The van der Waals surface area contributed by atoms with Crippen LogP contribution in [-0.2, 0) is 30.7 Å². The summed E-state index contributed by atoms with van der Waals surface area (Å²) in [6, 6.07) is 15.7. The molecule has 0 radical (unpaired) electrons. The maximum absolute atomic E-state index is 13.1. The Morgan fingerprint density at radius 3 is 2.56 bits per heavy atom. The number of morpholine rings is 1. The van der Waals surface area contributed by atoms with E-state index in [1.54, 1.807) is 12.1 Å². The minimum absolute atomic E-state index is 0.146. The first-order valence-electron chi connectivity index (χ1n) is 12.5. The van der Waals surface area contributed by atoms with Gasteiger partial charge in [0.05, 0.1) is 25.5 Å². The van der Waals surface area contributed by atoms with Gasteiger partial charge in [-0.15, -0.1) is 0 Å². The van der Waals surface area contributed by atoms with Crippen LogP contribution in [0.1, 0.15) is 22.4 Å². The molecule has 2 amide bonds. The summed E-state index contributed by atoms with van der Waals surface area (Å²) in [5.41, 5.74) is 5.49. The lowest BCUT2D eigenvalue weighted by atomic mass is 10.0. The molecule has 4 heterocycles. The minimum Gasteiger partial charge on any atom is -0.378 e. The highest BCUT2D eigenvalue weighted by Gasteiger charge is 2.30.